The Balaban J connectivity index is 1.89. The number of anilines is 1. The molecule has 0 amide bonds. The maximum atomic E-state index is 6.15. The van der Waals surface area contributed by atoms with Crippen LogP contribution in [0.2, 0.25) is 0 Å². The predicted octanol–water partition coefficient (Wildman–Crippen LogP) is 2.68. The molecule has 2 fully saturated rings. The molecule has 4 nitrogen and oxygen atoms in total. The Bertz CT molecular complexity index is 596. The van der Waals surface area contributed by atoms with E-state index in [9.17, 15) is 0 Å². The Morgan fingerprint density at radius 1 is 1.28 bits per heavy atom. The number of aryl methyl sites for hydroxylation is 1. The van der Waals surface area contributed by atoms with E-state index in [1.807, 2.05) is 13.1 Å². The lowest BCUT2D eigenvalue weighted by molar-refractivity contribution is 0.407. The SMILES string of the molecule is Cc1cnc2c(c1)nc(N)n2C(C1CC1)C1CC1. The molecular weight excluding hydrogens is 224 g/mol. The molecule has 94 valence electrons. The molecule has 0 saturated heterocycles. The van der Waals surface area contributed by atoms with Gasteiger partial charge in [0.1, 0.15) is 5.52 Å². The number of fused-ring (bicyclic) bond motifs is 1. The first-order valence-electron chi connectivity index (χ1n) is 6.84. The highest BCUT2D eigenvalue weighted by atomic mass is 15.2. The standard InChI is InChI=1S/C14H18N4/c1-8-6-11-13(16-7-8)18(14(15)17-11)12(9-2-3-9)10-4-5-10/h6-7,9-10,12H,2-5H2,1H3,(H2,15,17). The zero-order valence-corrected chi connectivity index (χ0v) is 10.6. The number of hydrogen-bond acceptors (Lipinski definition) is 3. The van der Waals surface area contributed by atoms with Crippen molar-refractivity contribution in [1.82, 2.24) is 14.5 Å². The summed E-state index contributed by atoms with van der Waals surface area (Å²) in [7, 11) is 0. The Hall–Kier alpha value is -1.58. The first kappa shape index (κ1) is 10.4. The van der Waals surface area contributed by atoms with Crippen molar-refractivity contribution in [3.63, 3.8) is 0 Å². The van der Waals surface area contributed by atoms with E-state index in [1.165, 1.54) is 25.7 Å². The van der Waals surface area contributed by atoms with Crippen molar-refractivity contribution in [1.29, 1.82) is 0 Å². The third kappa shape index (κ3) is 1.51. The van der Waals surface area contributed by atoms with Crippen LogP contribution in [0.3, 0.4) is 0 Å². The molecule has 2 aromatic heterocycles. The van der Waals surface area contributed by atoms with Crippen molar-refractivity contribution in [2.45, 2.75) is 38.6 Å². The van der Waals surface area contributed by atoms with Crippen LogP contribution >= 0.6 is 0 Å². The molecule has 4 rings (SSSR count). The monoisotopic (exact) mass is 242 g/mol. The van der Waals surface area contributed by atoms with Crippen LogP contribution in [-0.2, 0) is 0 Å². The van der Waals surface area contributed by atoms with Crippen molar-refractivity contribution in [3.8, 4) is 0 Å². The van der Waals surface area contributed by atoms with Crippen molar-refractivity contribution in [3.05, 3.63) is 17.8 Å². The zero-order chi connectivity index (χ0) is 12.3. The van der Waals surface area contributed by atoms with Crippen LogP contribution in [0.15, 0.2) is 12.3 Å². The van der Waals surface area contributed by atoms with Crippen molar-refractivity contribution in [2.75, 3.05) is 5.73 Å². The predicted molar refractivity (Wildman–Crippen MR) is 71.2 cm³/mol. The average Bonchev–Trinajstić information content (AvgIpc) is 3.21. The summed E-state index contributed by atoms with van der Waals surface area (Å²) in [6.45, 7) is 2.04. The number of nitrogen functional groups attached to an aromatic ring is 1. The van der Waals surface area contributed by atoms with Gasteiger partial charge in [-0.3, -0.25) is 4.57 Å². The smallest absolute Gasteiger partial charge is 0.202 e. The summed E-state index contributed by atoms with van der Waals surface area (Å²) in [6, 6.07) is 2.62. The van der Waals surface area contributed by atoms with Gasteiger partial charge in [-0.25, -0.2) is 9.97 Å². The summed E-state index contributed by atoms with van der Waals surface area (Å²) in [6.07, 6.45) is 7.27. The molecule has 0 aromatic carbocycles. The number of nitrogens with two attached hydrogens (primary N) is 1. The fraction of sp³-hybridized carbons (Fsp3) is 0.571. The second-order valence-corrected chi connectivity index (χ2v) is 5.86. The van der Waals surface area contributed by atoms with Gasteiger partial charge >= 0.3 is 0 Å². The minimum atomic E-state index is 0.546. The Kier molecular flexibility index (Phi) is 1.99. The zero-order valence-electron chi connectivity index (χ0n) is 10.6. The van der Waals surface area contributed by atoms with Gasteiger partial charge in [0.15, 0.2) is 5.65 Å². The Morgan fingerprint density at radius 2 is 1.94 bits per heavy atom. The number of hydrogen-bond donors (Lipinski definition) is 1. The summed E-state index contributed by atoms with van der Waals surface area (Å²) >= 11 is 0. The van der Waals surface area contributed by atoms with E-state index in [0.717, 1.165) is 28.6 Å². The minimum Gasteiger partial charge on any atom is -0.369 e. The van der Waals surface area contributed by atoms with E-state index in [-0.39, 0.29) is 0 Å². The van der Waals surface area contributed by atoms with Gasteiger partial charge in [-0.1, -0.05) is 0 Å². The van der Waals surface area contributed by atoms with E-state index in [1.54, 1.807) is 0 Å². The third-order valence-electron chi connectivity index (χ3n) is 4.20. The molecule has 0 aliphatic heterocycles. The number of nitrogens with zero attached hydrogens (tertiary/aromatic N) is 3. The largest absolute Gasteiger partial charge is 0.369 e. The van der Waals surface area contributed by atoms with Gasteiger partial charge in [0.25, 0.3) is 0 Å². The van der Waals surface area contributed by atoms with Crippen molar-refractivity contribution >= 4 is 17.1 Å². The molecule has 4 heteroatoms. The van der Waals surface area contributed by atoms with E-state index < -0.39 is 0 Å². The van der Waals surface area contributed by atoms with Crippen LogP contribution in [0.1, 0.15) is 37.3 Å². The van der Waals surface area contributed by atoms with E-state index in [4.69, 9.17) is 5.73 Å². The second-order valence-electron chi connectivity index (χ2n) is 5.86. The number of pyridine rings is 1. The van der Waals surface area contributed by atoms with Crippen molar-refractivity contribution in [2.24, 2.45) is 11.8 Å². The Labute approximate surface area is 106 Å². The maximum absolute atomic E-state index is 6.15. The van der Waals surface area contributed by atoms with Gasteiger partial charge in [0, 0.05) is 12.2 Å². The number of imidazole rings is 1. The molecule has 2 aromatic rings. The van der Waals surface area contributed by atoms with Crippen LogP contribution < -0.4 is 5.73 Å². The highest BCUT2D eigenvalue weighted by molar-refractivity contribution is 5.75. The fourth-order valence-electron chi connectivity index (χ4n) is 3.08. The van der Waals surface area contributed by atoms with Gasteiger partial charge in [-0.2, -0.15) is 0 Å². The van der Waals surface area contributed by atoms with Crippen LogP contribution in [0.4, 0.5) is 5.95 Å². The summed E-state index contributed by atoms with van der Waals surface area (Å²) in [4.78, 5) is 9.06. The van der Waals surface area contributed by atoms with E-state index >= 15 is 0 Å². The molecule has 2 heterocycles. The average molecular weight is 242 g/mol. The first-order valence-corrected chi connectivity index (χ1v) is 6.84. The molecule has 0 atom stereocenters. The summed E-state index contributed by atoms with van der Waals surface area (Å²) < 4.78 is 2.21. The third-order valence-corrected chi connectivity index (χ3v) is 4.20. The fourth-order valence-corrected chi connectivity index (χ4v) is 3.08. The molecule has 2 saturated carbocycles. The van der Waals surface area contributed by atoms with Gasteiger partial charge in [-0.05, 0) is 56.1 Å². The highest BCUT2D eigenvalue weighted by Crippen LogP contribution is 2.53. The first-order chi connectivity index (χ1) is 8.74. The molecule has 0 radical (unpaired) electrons. The summed E-state index contributed by atoms with van der Waals surface area (Å²) in [5, 5.41) is 0. The molecule has 2 aliphatic carbocycles. The van der Waals surface area contributed by atoms with Crippen molar-refractivity contribution < 1.29 is 0 Å². The summed E-state index contributed by atoms with van der Waals surface area (Å²) in [5.74, 6) is 2.26. The lowest BCUT2D eigenvalue weighted by atomic mass is 10.1. The Morgan fingerprint density at radius 3 is 2.56 bits per heavy atom. The molecule has 0 bridgehead atoms. The van der Waals surface area contributed by atoms with Gasteiger partial charge in [0.05, 0.1) is 0 Å². The van der Waals surface area contributed by atoms with Crippen LogP contribution in [-0.4, -0.2) is 14.5 Å². The van der Waals surface area contributed by atoms with Crippen LogP contribution in [0.5, 0.6) is 0 Å². The lowest BCUT2D eigenvalue weighted by Gasteiger charge is -2.19. The van der Waals surface area contributed by atoms with E-state index in [2.05, 4.69) is 20.6 Å². The minimum absolute atomic E-state index is 0.546. The summed E-state index contributed by atoms with van der Waals surface area (Å²) in [5.41, 5.74) is 9.20. The molecular formula is C14H18N4. The van der Waals surface area contributed by atoms with Gasteiger partial charge in [0.2, 0.25) is 5.95 Å². The normalized spacial score (nSPS) is 19.9. The van der Waals surface area contributed by atoms with Crippen LogP contribution in [0.25, 0.3) is 11.2 Å². The topological polar surface area (TPSA) is 56.7 Å². The lowest BCUT2D eigenvalue weighted by Crippen LogP contribution is -2.16. The molecule has 2 aliphatic rings. The molecule has 18 heavy (non-hydrogen) atoms. The molecule has 2 N–H and O–H groups in total. The van der Waals surface area contributed by atoms with Gasteiger partial charge < -0.3 is 5.73 Å². The quantitative estimate of drug-likeness (QED) is 0.900. The van der Waals surface area contributed by atoms with E-state index in [0.29, 0.717) is 12.0 Å². The molecule has 0 unspecified atom stereocenters. The number of rotatable bonds is 3. The highest BCUT2D eigenvalue weighted by Gasteiger charge is 2.44. The second kappa shape index (κ2) is 3.46. The number of aromatic nitrogens is 3. The van der Waals surface area contributed by atoms with Crippen LogP contribution in [0, 0.1) is 18.8 Å². The molecule has 0 spiro atoms. The van der Waals surface area contributed by atoms with Gasteiger partial charge in [-0.15, -0.1) is 0 Å². The maximum Gasteiger partial charge on any atom is 0.202 e.